The summed E-state index contributed by atoms with van der Waals surface area (Å²) in [6, 6.07) is 0.305. The minimum atomic E-state index is 0.305. The van der Waals surface area contributed by atoms with Crippen LogP contribution in [0.5, 0.6) is 0 Å². The van der Waals surface area contributed by atoms with Gasteiger partial charge in [0.2, 0.25) is 0 Å². The van der Waals surface area contributed by atoms with Crippen LogP contribution in [0.4, 0.5) is 5.82 Å². The lowest BCUT2D eigenvalue weighted by atomic mass is 10.1. The number of hydrogen-bond donors (Lipinski definition) is 1. The summed E-state index contributed by atoms with van der Waals surface area (Å²) in [6.45, 7) is 4.76. The minimum absolute atomic E-state index is 0.305. The monoisotopic (exact) mass is 298 g/mol. The third-order valence-corrected chi connectivity index (χ3v) is 4.18. The summed E-state index contributed by atoms with van der Waals surface area (Å²) in [6.07, 6.45) is 3.76. The van der Waals surface area contributed by atoms with E-state index < -0.39 is 0 Å². The quantitative estimate of drug-likeness (QED) is 0.759. The van der Waals surface area contributed by atoms with Crippen molar-refractivity contribution in [1.29, 1.82) is 0 Å². The molecule has 3 aromatic heterocycles. The third kappa shape index (κ3) is 2.02. The highest BCUT2D eigenvalue weighted by atomic mass is 15.3. The predicted octanol–water partition coefficient (Wildman–Crippen LogP) is 0.999. The molecule has 0 aliphatic carbocycles. The molecule has 0 radical (unpaired) electrons. The van der Waals surface area contributed by atoms with Gasteiger partial charge in [0.25, 0.3) is 0 Å². The van der Waals surface area contributed by atoms with Gasteiger partial charge < -0.3 is 9.88 Å². The second kappa shape index (κ2) is 4.75. The Kier molecular flexibility index (Phi) is 2.85. The van der Waals surface area contributed by atoms with Gasteiger partial charge in [0.15, 0.2) is 5.65 Å². The Labute approximate surface area is 127 Å². The summed E-state index contributed by atoms with van der Waals surface area (Å²) in [7, 11) is 1.89. The molecule has 0 bridgehead atoms. The summed E-state index contributed by atoms with van der Waals surface area (Å²) in [5, 5.41) is 17.2. The van der Waals surface area contributed by atoms with E-state index >= 15 is 0 Å². The number of aromatic nitrogens is 7. The van der Waals surface area contributed by atoms with E-state index in [1.165, 1.54) is 0 Å². The SMILES string of the molecule is Cc1nc(N[C@H]2CCc3nnc(C)n3C2)c2cnn(C)c2n1. The molecule has 22 heavy (non-hydrogen) atoms. The minimum Gasteiger partial charge on any atom is -0.365 e. The fourth-order valence-electron chi connectivity index (χ4n) is 3.01. The maximum absolute atomic E-state index is 4.56. The summed E-state index contributed by atoms with van der Waals surface area (Å²) < 4.78 is 3.95. The maximum Gasteiger partial charge on any atom is 0.163 e. The second-order valence-corrected chi connectivity index (χ2v) is 5.78. The highest BCUT2D eigenvalue weighted by Gasteiger charge is 2.22. The molecule has 1 atom stereocenters. The first-order valence-electron chi connectivity index (χ1n) is 7.43. The fraction of sp³-hybridized carbons (Fsp3) is 0.500. The predicted molar refractivity (Wildman–Crippen MR) is 81.5 cm³/mol. The van der Waals surface area contributed by atoms with E-state index in [-0.39, 0.29) is 0 Å². The molecule has 4 rings (SSSR count). The summed E-state index contributed by atoms with van der Waals surface area (Å²) in [5.74, 6) is 3.64. The van der Waals surface area contributed by atoms with Gasteiger partial charge in [-0.2, -0.15) is 5.10 Å². The van der Waals surface area contributed by atoms with Crippen LogP contribution in [0.2, 0.25) is 0 Å². The summed E-state index contributed by atoms with van der Waals surface area (Å²) >= 11 is 0. The topological polar surface area (TPSA) is 86.3 Å². The van der Waals surface area contributed by atoms with Crippen LogP contribution in [0.25, 0.3) is 11.0 Å². The largest absolute Gasteiger partial charge is 0.365 e. The van der Waals surface area contributed by atoms with Crippen molar-refractivity contribution < 1.29 is 0 Å². The van der Waals surface area contributed by atoms with Crippen molar-refractivity contribution in [2.75, 3.05) is 5.32 Å². The number of nitrogens with one attached hydrogen (secondary N) is 1. The fourth-order valence-corrected chi connectivity index (χ4v) is 3.01. The van der Waals surface area contributed by atoms with E-state index in [1.54, 1.807) is 4.68 Å². The van der Waals surface area contributed by atoms with E-state index in [0.29, 0.717) is 6.04 Å². The lowest BCUT2D eigenvalue weighted by Gasteiger charge is -2.25. The Balaban J connectivity index is 1.66. The molecule has 1 N–H and O–H groups in total. The average Bonchev–Trinajstić information content (AvgIpc) is 3.04. The van der Waals surface area contributed by atoms with Crippen molar-refractivity contribution in [3.05, 3.63) is 23.7 Å². The molecule has 0 amide bonds. The van der Waals surface area contributed by atoms with Crippen molar-refractivity contribution >= 4 is 16.9 Å². The van der Waals surface area contributed by atoms with Crippen LogP contribution in [-0.2, 0) is 20.0 Å². The van der Waals surface area contributed by atoms with Gasteiger partial charge in [-0.05, 0) is 20.3 Å². The van der Waals surface area contributed by atoms with Gasteiger partial charge in [-0.3, -0.25) is 4.68 Å². The van der Waals surface area contributed by atoms with E-state index in [0.717, 1.165) is 53.7 Å². The number of aryl methyl sites for hydroxylation is 4. The first kappa shape index (κ1) is 13.2. The van der Waals surface area contributed by atoms with Gasteiger partial charge in [0.1, 0.15) is 23.3 Å². The van der Waals surface area contributed by atoms with E-state index in [9.17, 15) is 0 Å². The van der Waals surface area contributed by atoms with Crippen molar-refractivity contribution in [3.8, 4) is 0 Å². The number of hydrogen-bond acceptors (Lipinski definition) is 6. The molecule has 3 aromatic rings. The first-order valence-corrected chi connectivity index (χ1v) is 7.43. The van der Waals surface area contributed by atoms with Crippen molar-refractivity contribution in [1.82, 2.24) is 34.5 Å². The number of rotatable bonds is 2. The summed E-state index contributed by atoms with van der Waals surface area (Å²) in [5.41, 5.74) is 0.854. The normalized spacial score (nSPS) is 17.7. The van der Waals surface area contributed by atoms with Crippen LogP contribution in [0.15, 0.2) is 6.20 Å². The van der Waals surface area contributed by atoms with Crippen LogP contribution in [0.1, 0.15) is 23.9 Å². The molecule has 0 saturated heterocycles. The van der Waals surface area contributed by atoms with Crippen molar-refractivity contribution in [2.24, 2.45) is 7.05 Å². The maximum atomic E-state index is 4.56. The highest BCUT2D eigenvalue weighted by Crippen LogP contribution is 2.23. The second-order valence-electron chi connectivity index (χ2n) is 5.78. The Morgan fingerprint density at radius 3 is 2.95 bits per heavy atom. The Morgan fingerprint density at radius 1 is 1.23 bits per heavy atom. The molecule has 0 saturated carbocycles. The molecule has 1 aliphatic rings. The molecule has 8 heteroatoms. The highest BCUT2D eigenvalue weighted by molar-refractivity contribution is 5.86. The van der Waals surface area contributed by atoms with E-state index in [2.05, 4.69) is 35.1 Å². The Bertz CT molecular complexity index is 846. The van der Waals surface area contributed by atoms with E-state index in [4.69, 9.17) is 0 Å². The molecule has 0 unspecified atom stereocenters. The molecule has 0 fully saturated rings. The average molecular weight is 298 g/mol. The lowest BCUT2D eigenvalue weighted by molar-refractivity contribution is 0.469. The van der Waals surface area contributed by atoms with Gasteiger partial charge in [-0.25, -0.2) is 9.97 Å². The zero-order valence-electron chi connectivity index (χ0n) is 12.9. The molecular formula is C14H18N8. The molecule has 0 spiro atoms. The molecule has 0 aromatic carbocycles. The van der Waals surface area contributed by atoms with Gasteiger partial charge in [0.05, 0.1) is 11.6 Å². The molecule has 4 heterocycles. The van der Waals surface area contributed by atoms with Crippen LogP contribution < -0.4 is 5.32 Å². The zero-order chi connectivity index (χ0) is 15.3. The molecule has 1 aliphatic heterocycles. The molecular weight excluding hydrogens is 280 g/mol. The first-order chi connectivity index (χ1) is 10.6. The van der Waals surface area contributed by atoms with Crippen molar-refractivity contribution in [2.45, 2.75) is 39.3 Å². The van der Waals surface area contributed by atoms with Gasteiger partial charge in [-0.15, -0.1) is 10.2 Å². The van der Waals surface area contributed by atoms with Crippen LogP contribution in [-0.4, -0.2) is 40.6 Å². The third-order valence-electron chi connectivity index (χ3n) is 4.18. The van der Waals surface area contributed by atoms with Crippen LogP contribution in [0, 0.1) is 13.8 Å². The van der Waals surface area contributed by atoms with Crippen molar-refractivity contribution in [3.63, 3.8) is 0 Å². The van der Waals surface area contributed by atoms with Gasteiger partial charge in [-0.1, -0.05) is 0 Å². The lowest BCUT2D eigenvalue weighted by Crippen LogP contribution is -2.32. The number of fused-ring (bicyclic) bond motifs is 2. The standard InChI is InChI=1S/C14H18N8/c1-8-16-13(11-6-15-21(3)14(11)17-8)18-10-4-5-12-20-19-9(2)22(12)7-10/h6,10H,4-5,7H2,1-3H3,(H,16,17,18)/t10-/m0/s1. The smallest absolute Gasteiger partial charge is 0.163 e. The number of anilines is 1. The zero-order valence-corrected chi connectivity index (χ0v) is 12.9. The number of nitrogens with zero attached hydrogens (tertiary/aromatic N) is 7. The van der Waals surface area contributed by atoms with Gasteiger partial charge in [0, 0.05) is 26.1 Å². The molecule has 8 nitrogen and oxygen atoms in total. The van der Waals surface area contributed by atoms with Gasteiger partial charge >= 0.3 is 0 Å². The Hall–Kier alpha value is -2.51. The van der Waals surface area contributed by atoms with E-state index in [1.807, 2.05) is 27.1 Å². The Morgan fingerprint density at radius 2 is 2.09 bits per heavy atom. The summed E-state index contributed by atoms with van der Waals surface area (Å²) in [4.78, 5) is 9.01. The van der Waals surface area contributed by atoms with Crippen LogP contribution in [0.3, 0.4) is 0 Å². The van der Waals surface area contributed by atoms with Crippen LogP contribution >= 0.6 is 0 Å². The molecule has 114 valence electrons.